The molecule has 32 heavy (non-hydrogen) atoms. The number of piperidine rings is 1. The zero-order valence-corrected chi connectivity index (χ0v) is 19.1. The van der Waals surface area contributed by atoms with Crippen LogP contribution >= 0.6 is 0 Å². The second-order valence-electron chi connectivity index (χ2n) is 9.77. The van der Waals surface area contributed by atoms with Gasteiger partial charge in [-0.2, -0.15) is 0 Å². The number of hydrogen-bond acceptors (Lipinski definition) is 6. The highest BCUT2D eigenvalue weighted by Crippen LogP contribution is 2.41. The average Bonchev–Trinajstić information content (AvgIpc) is 3.51. The van der Waals surface area contributed by atoms with Crippen LogP contribution < -0.4 is 4.90 Å². The summed E-state index contributed by atoms with van der Waals surface area (Å²) in [5.74, 6) is 2.91. The van der Waals surface area contributed by atoms with Gasteiger partial charge < -0.3 is 9.42 Å². The van der Waals surface area contributed by atoms with Crippen molar-refractivity contribution < 1.29 is 14.1 Å². The number of fused-ring (bicyclic) bond motifs is 1. The molecule has 1 saturated carbocycles. The summed E-state index contributed by atoms with van der Waals surface area (Å²) in [7, 11) is 0. The molecule has 4 heterocycles. The summed E-state index contributed by atoms with van der Waals surface area (Å²) in [6.07, 6.45) is 6.12. The van der Waals surface area contributed by atoms with Gasteiger partial charge in [0.2, 0.25) is 5.91 Å². The van der Waals surface area contributed by atoms with Crippen LogP contribution in [0.3, 0.4) is 0 Å². The fourth-order valence-electron chi connectivity index (χ4n) is 4.85. The number of anilines is 1. The van der Waals surface area contributed by atoms with Crippen molar-refractivity contribution in [3.63, 3.8) is 0 Å². The van der Waals surface area contributed by atoms with Crippen LogP contribution in [0.15, 0.2) is 10.6 Å². The van der Waals surface area contributed by atoms with Gasteiger partial charge >= 0.3 is 0 Å². The van der Waals surface area contributed by atoms with Gasteiger partial charge in [0.15, 0.2) is 11.5 Å². The largest absolute Gasteiger partial charge is 0.360 e. The van der Waals surface area contributed by atoms with Crippen molar-refractivity contribution in [2.24, 2.45) is 5.92 Å². The summed E-state index contributed by atoms with van der Waals surface area (Å²) in [6, 6.07) is 1.58. The number of hydrogen-bond donors (Lipinski definition) is 0. The molecule has 5 rings (SSSR count). The van der Waals surface area contributed by atoms with E-state index in [2.05, 4.69) is 19.0 Å². The second kappa shape index (κ2) is 8.30. The molecule has 2 aromatic heterocycles. The Balaban J connectivity index is 1.48. The van der Waals surface area contributed by atoms with E-state index in [1.165, 1.54) is 0 Å². The quantitative estimate of drug-likeness (QED) is 0.703. The Kier molecular flexibility index (Phi) is 5.47. The van der Waals surface area contributed by atoms with Gasteiger partial charge in [-0.3, -0.25) is 14.5 Å². The smallest absolute Gasteiger partial charge is 0.276 e. The van der Waals surface area contributed by atoms with Crippen LogP contribution in [0.5, 0.6) is 0 Å². The maximum absolute atomic E-state index is 13.4. The first-order valence-corrected chi connectivity index (χ1v) is 11.9. The summed E-state index contributed by atoms with van der Waals surface area (Å²) in [5, 5.41) is 4.06. The molecule has 170 valence electrons. The third-order valence-electron chi connectivity index (χ3n) is 6.69. The Bertz CT molecular complexity index is 1040. The fraction of sp³-hybridized carbons (Fsp3) is 0.625. The van der Waals surface area contributed by atoms with Gasteiger partial charge in [-0.25, -0.2) is 9.97 Å². The van der Waals surface area contributed by atoms with Crippen molar-refractivity contribution in [1.82, 2.24) is 20.0 Å². The minimum Gasteiger partial charge on any atom is -0.360 e. The van der Waals surface area contributed by atoms with Gasteiger partial charge in [0.1, 0.15) is 11.6 Å². The maximum atomic E-state index is 13.4. The number of carbonyl (C=O) groups is 2. The highest BCUT2D eigenvalue weighted by Gasteiger charge is 2.36. The van der Waals surface area contributed by atoms with Crippen LogP contribution in [0.1, 0.15) is 97.7 Å². The molecule has 2 fully saturated rings. The van der Waals surface area contributed by atoms with Crippen LogP contribution in [0, 0.1) is 12.8 Å². The van der Waals surface area contributed by atoms with Gasteiger partial charge in [0, 0.05) is 42.8 Å². The Hall–Kier alpha value is -2.77. The van der Waals surface area contributed by atoms with E-state index in [4.69, 9.17) is 14.5 Å². The van der Waals surface area contributed by atoms with Crippen molar-refractivity contribution in [2.75, 3.05) is 18.0 Å². The first-order valence-electron chi connectivity index (χ1n) is 11.9. The standard InChI is InChI=1S/C24H31N5O3/c1-14(2)13-29-21(30)10-9-17-15(3)25-22(26-23(17)29)19-6-4-5-11-28(19)24(31)18-12-20(32-27-18)16-7-8-16/h12,14,16,19H,4-11,13H2,1-3H3. The lowest BCUT2D eigenvalue weighted by molar-refractivity contribution is -0.119. The molecule has 1 aliphatic carbocycles. The number of aryl methyl sites for hydroxylation is 1. The van der Waals surface area contributed by atoms with E-state index >= 15 is 0 Å². The van der Waals surface area contributed by atoms with Crippen molar-refractivity contribution in [3.05, 3.63) is 34.6 Å². The SMILES string of the molecule is Cc1nc(C2CCCCN2C(=O)c2cc(C3CC3)on2)nc2c1CCC(=O)N2CC(C)C. The Morgan fingerprint density at radius 3 is 2.75 bits per heavy atom. The first-order chi connectivity index (χ1) is 15.4. The zero-order valence-electron chi connectivity index (χ0n) is 19.1. The van der Waals surface area contributed by atoms with Crippen molar-refractivity contribution in [2.45, 2.75) is 77.7 Å². The predicted octanol–water partition coefficient (Wildman–Crippen LogP) is 3.95. The van der Waals surface area contributed by atoms with Crippen molar-refractivity contribution >= 4 is 17.6 Å². The van der Waals surface area contributed by atoms with Crippen LogP contribution in [0.25, 0.3) is 0 Å². The molecular weight excluding hydrogens is 406 g/mol. The molecule has 8 heteroatoms. The molecule has 1 unspecified atom stereocenters. The van der Waals surface area contributed by atoms with E-state index in [-0.39, 0.29) is 17.9 Å². The summed E-state index contributed by atoms with van der Waals surface area (Å²) >= 11 is 0. The van der Waals surface area contributed by atoms with Gasteiger partial charge in [0.25, 0.3) is 5.91 Å². The molecule has 0 spiro atoms. The van der Waals surface area contributed by atoms with Gasteiger partial charge in [0.05, 0.1) is 6.04 Å². The van der Waals surface area contributed by atoms with Crippen molar-refractivity contribution in [1.29, 1.82) is 0 Å². The lowest BCUT2D eigenvalue weighted by Gasteiger charge is -2.36. The maximum Gasteiger partial charge on any atom is 0.276 e. The third-order valence-corrected chi connectivity index (χ3v) is 6.69. The van der Waals surface area contributed by atoms with E-state index in [0.29, 0.717) is 49.3 Å². The number of rotatable bonds is 5. The van der Waals surface area contributed by atoms with Gasteiger partial charge in [-0.05, 0) is 51.4 Å². The van der Waals surface area contributed by atoms with E-state index in [1.807, 2.05) is 16.7 Å². The molecule has 1 atom stereocenters. The molecule has 2 aliphatic heterocycles. The molecule has 1 saturated heterocycles. The number of nitrogens with zero attached hydrogens (tertiary/aromatic N) is 5. The summed E-state index contributed by atoms with van der Waals surface area (Å²) in [6.45, 7) is 7.47. The Morgan fingerprint density at radius 2 is 2.00 bits per heavy atom. The van der Waals surface area contributed by atoms with Crippen molar-refractivity contribution in [3.8, 4) is 0 Å². The lowest BCUT2D eigenvalue weighted by atomic mass is 9.98. The molecule has 0 N–H and O–H groups in total. The fourth-order valence-corrected chi connectivity index (χ4v) is 4.85. The van der Waals surface area contributed by atoms with Crippen LogP contribution in [0.2, 0.25) is 0 Å². The number of amides is 2. The monoisotopic (exact) mass is 437 g/mol. The molecule has 0 aromatic carbocycles. The van der Waals surface area contributed by atoms with E-state index in [1.54, 1.807) is 6.07 Å². The Labute approximate surface area is 188 Å². The zero-order chi connectivity index (χ0) is 22.4. The molecule has 2 aromatic rings. The minimum atomic E-state index is -0.223. The highest BCUT2D eigenvalue weighted by atomic mass is 16.5. The van der Waals surface area contributed by atoms with Gasteiger partial charge in [-0.15, -0.1) is 0 Å². The lowest BCUT2D eigenvalue weighted by Crippen LogP contribution is -2.41. The Morgan fingerprint density at radius 1 is 1.19 bits per heavy atom. The summed E-state index contributed by atoms with van der Waals surface area (Å²) in [4.78, 5) is 39.5. The molecule has 3 aliphatic rings. The minimum absolute atomic E-state index is 0.113. The van der Waals surface area contributed by atoms with E-state index in [9.17, 15) is 9.59 Å². The first kappa shape index (κ1) is 21.1. The normalized spacial score (nSPS) is 21.2. The third kappa shape index (κ3) is 3.91. The number of aromatic nitrogens is 3. The summed E-state index contributed by atoms with van der Waals surface area (Å²) < 4.78 is 5.42. The number of carbonyl (C=O) groups excluding carboxylic acids is 2. The molecular formula is C24H31N5O3. The average molecular weight is 438 g/mol. The second-order valence-corrected chi connectivity index (χ2v) is 9.77. The van der Waals surface area contributed by atoms with E-state index in [0.717, 1.165) is 54.9 Å². The molecule has 8 nitrogen and oxygen atoms in total. The van der Waals surface area contributed by atoms with E-state index < -0.39 is 0 Å². The number of likely N-dealkylation sites (tertiary alicyclic amines) is 1. The highest BCUT2D eigenvalue weighted by molar-refractivity contribution is 5.95. The topological polar surface area (TPSA) is 92.4 Å². The summed E-state index contributed by atoms with van der Waals surface area (Å²) in [5.41, 5.74) is 2.32. The van der Waals surface area contributed by atoms with Crippen LogP contribution in [-0.4, -0.2) is 44.9 Å². The van der Waals surface area contributed by atoms with Crippen LogP contribution in [-0.2, 0) is 11.2 Å². The van der Waals surface area contributed by atoms with Gasteiger partial charge in [-0.1, -0.05) is 19.0 Å². The predicted molar refractivity (Wildman–Crippen MR) is 118 cm³/mol. The molecule has 0 radical (unpaired) electrons. The molecule has 0 bridgehead atoms. The van der Waals surface area contributed by atoms with Crippen LogP contribution in [0.4, 0.5) is 5.82 Å². The molecule has 2 amide bonds.